The minimum atomic E-state index is -0.402. The number of anilines is 1. The van der Waals surface area contributed by atoms with E-state index in [1.165, 1.54) is 24.2 Å². The van der Waals surface area contributed by atoms with Crippen LogP contribution in [-0.4, -0.2) is 28.5 Å². The van der Waals surface area contributed by atoms with Crippen LogP contribution in [0.5, 0.6) is 5.19 Å². The maximum Gasteiger partial charge on any atom is 0.345 e. The SMILES string of the molecule is C[C@H]1CCCN1c1cnc2ccc(C(=O)Oc3nc4ccccc4s3)cc2c1. The number of benzene rings is 2. The van der Waals surface area contributed by atoms with Gasteiger partial charge in [0.25, 0.3) is 5.19 Å². The zero-order valence-electron chi connectivity index (χ0n) is 15.5. The van der Waals surface area contributed by atoms with Gasteiger partial charge in [0.15, 0.2) is 0 Å². The summed E-state index contributed by atoms with van der Waals surface area (Å²) in [5.74, 6) is -0.402. The Hall–Kier alpha value is -2.99. The van der Waals surface area contributed by atoms with Gasteiger partial charge in [0.1, 0.15) is 0 Å². The molecule has 28 heavy (non-hydrogen) atoms. The number of ether oxygens (including phenoxy) is 1. The molecule has 0 spiro atoms. The second-order valence-electron chi connectivity index (χ2n) is 7.12. The number of hydrogen-bond acceptors (Lipinski definition) is 6. The summed E-state index contributed by atoms with van der Waals surface area (Å²) in [6.07, 6.45) is 4.32. The molecule has 1 atom stereocenters. The number of hydrogen-bond donors (Lipinski definition) is 0. The van der Waals surface area contributed by atoms with E-state index in [-0.39, 0.29) is 0 Å². The van der Waals surface area contributed by atoms with Gasteiger partial charge >= 0.3 is 5.97 Å². The summed E-state index contributed by atoms with van der Waals surface area (Å²) in [4.78, 5) is 24.0. The van der Waals surface area contributed by atoms with Gasteiger partial charge < -0.3 is 9.64 Å². The van der Waals surface area contributed by atoms with Crippen molar-refractivity contribution in [3.8, 4) is 5.19 Å². The minimum absolute atomic E-state index is 0.365. The van der Waals surface area contributed by atoms with E-state index >= 15 is 0 Å². The topological polar surface area (TPSA) is 55.3 Å². The summed E-state index contributed by atoms with van der Waals surface area (Å²) in [5, 5.41) is 1.31. The van der Waals surface area contributed by atoms with Crippen molar-refractivity contribution in [1.82, 2.24) is 9.97 Å². The first-order valence-corrected chi connectivity index (χ1v) is 10.2. The number of carbonyl (C=O) groups excluding carboxylic acids is 1. The van der Waals surface area contributed by atoms with E-state index in [1.54, 1.807) is 6.07 Å². The fourth-order valence-electron chi connectivity index (χ4n) is 3.75. The molecule has 140 valence electrons. The van der Waals surface area contributed by atoms with Crippen LogP contribution in [0.1, 0.15) is 30.1 Å². The van der Waals surface area contributed by atoms with E-state index in [9.17, 15) is 4.79 Å². The second kappa shape index (κ2) is 6.87. The number of aromatic nitrogens is 2. The van der Waals surface area contributed by atoms with E-state index in [1.807, 2.05) is 42.6 Å². The predicted molar refractivity (Wildman–Crippen MR) is 112 cm³/mol. The number of rotatable bonds is 3. The molecule has 0 saturated carbocycles. The van der Waals surface area contributed by atoms with Crippen LogP contribution in [0.25, 0.3) is 21.1 Å². The van der Waals surface area contributed by atoms with Crippen LogP contribution < -0.4 is 9.64 Å². The Kier molecular flexibility index (Phi) is 4.20. The summed E-state index contributed by atoms with van der Waals surface area (Å²) in [5.41, 5.74) is 3.31. The number of thiazole rings is 1. The van der Waals surface area contributed by atoms with Crippen LogP contribution in [0.15, 0.2) is 54.7 Å². The van der Waals surface area contributed by atoms with Crippen LogP contribution in [0.3, 0.4) is 0 Å². The molecular formula is C22H19N3O2S. The number of esters is 1. The van der Waals surface area contributed by atoms with Gasteiger partial charge in [0, 0.05) is 18.0 Å². The molecule has 0 radical (unpaired) electrons. The van der Waals surface area contributed by atoms with Gasteiger partial charge in [-0.1, -0.05) is 23.5 Å². The normalized spacial score (nSPS) is 16.8. The lowest BCUT2D eigenvalue weighted by atomic mass is 10.1. The molecule has 0 bridgehead atoms. The molecule has 1 fully saturated rings. The van der Waals surface area contributed by atoms with Crippen LogP contribution in [-0.2, 0) is 0 Å². The molecule has 3 heterocycles. The summed E-state index contributed by atoms with van der Waals surface area (Å²) >= 11 is 1.37. The molecule has 0 amide bonds. The fourth-order valence-corrected chi connectivity index (χ4v) is 4.57. The average Bonchev–Trinajstić information content (AvgIpc) is 3.32. The summed E-state index contributed by atoms with van der Waals surface area (Å²) in [6, 6.07) is 15.8. The standard InChI is InChI=1S/C22H19N3O2S/c1-14-5-4-10-25(14)17-12-16-11-15(8-9-18(16)23-13-17)21(26)27-22-24-19-6-2-3-7-20(19)28-22/h2-3,6-9,11-14H,4-5,10H2,1H3/t14-/m0/s1. The van der Waals surface area contributed by atoms with Gasteiger partial charge in [-0.25, -0.2) is 9.78 Å². The highest BCUT2D eigenvalue weighted by Crippen LogP contribution is 2.29. The Morgan fingerprint density at radius 1 is 1.18 bits per heavy atom. The first-order chi connectivity index (χ1) is 13.7. The van der Waals surface area contributed by atoms with E-state index in [0.717, 1.165) is 33.4 Å². The fraction of sp³-hybridized carbons (Fsp3) is 0.227. The maximum atomic E-state index is 12.6. The molecule has 0 aliphatic carbocycles. The molecule has 5 nitrogen and oxygen atoms in total. The van der Waals surface area contributed by atoms with Crippen molar-refractivity contribution in [2.75, 3.05) is 11.4 Å². The lowest BCUT2D eigenvalue weighted by molar-refractivity contribution is 0.0735. The van der Waals surface area contributed by atoms with E-state index in [0.29, 0.717) is 16.8 Å². The van der Waals surface area contributed by atoms with E-state index in [4.69, 9.17) is 4.74 Å². The number of carbonyl (C=O) groups is 1. The van der Waals surface area contributed by atoms with Crippen molar-refractivity contribution in [2.45, 2.75) is 25.8 Å². The summed E-state index contributed by atoms with van der Waals surface area (Å²) < 4.78 is 6.52. The highest BCUT2D eigenvalue weighted by atomic mass is 32.1. The van der Waals surface area contributed by atoms with Crippen molar-refractivity contribution in [2.24, 2.45) is 0 Å². The van der Waals surface area contributed by atoms with Crippen LogP contribution in [0, 0.1) is 0 Å². The molecule has 2 aromatic heterocycles. The first-order valence-electron chi connectivity index (χ1n) is 9.41. The lowest BCUT2D eigenvalue weighted by Gasteiger charge is -2.23. The van der Waals surface area contributed by atoms with Crippen molar-refractivity contribution in [3.05, 3.63) is 60.3 Å². The molecule has 5 rings (SSSR count). The average molecular weight is 389 g/mol. The van der Waals surface area contributed by atoms with Crippen molar-refractivity contribution >= 4 is 44.1 Å². The third-order valence-electron chi connectivity index (χ3n) is 5.24. The molecule has 1 saturated heterocycles. The van der Waals surface area contributed by atoms with Crippen LogP contribution in [0.4, 0.5) is 5.69 Å². The Labute approximate surface area is 166 Å². The smallest absolute Gasteiger partial charge is 0.345 e. The highest BCUT2D eigenvalue weighted by molar-refractivity contribution is 7.20. The van der Waals surface area contributed by atoms with E-state index in [2.05, 4.69) is 27.9 Å². The molecule has 0 unspecified atom stereocenters. The van der Waals surface area contributed by atoms with Gasteiger partial charge in [-0.05, 0) is 56.2 Å². The van der Waals surface area contributed by atoms with Crippen LogP contribution in [0.2, 0.25) is 0 Å². The zero-order valence-corrected chi connectivity index (χ0v) is 16.3. The maximum absolute atomic E-state index is 12.6. The monoisotopic (exact) mass is 389 g/mol. The number of fused-ring (bicyclic) bond motifs is 2. The quantitative estimate of drug-likeness (QED) is 0.459. The van der Waals surface area contributed by atoms with Crippen molar-refractivity contribution in [1.29, 1.82) is 0 Å². The Balaban J connectivity index is 1.43. The number of nitrogens with zero attached hydrogens (tertiary/aromatic N) is 3. The molecule has 6 heteroatoms. The molecule has 0 N–H and O–H groups in total. The van der Waals surface area contributed by atoms with Gasteiger partial charge in [-0.3, -0.25) is 4.98 Å². The summed E-state index contributed by atoms with van der Waals surface area (Å²) in [7, 11) is 0. The van der Waals surface area contributed by atoms with Crippen molar-refractivity contribution in [3.63, 3.8) is 0 Å². The largest absolute Gasteiger partial charge is 0.394 e. The third kappa shape index (κ3) is 3.10. The summed E-state index contributed by atoms with van der Waals surface area (Å²) in [6.45, 7) is 3.29. The lowest BCUT2D eigenvalue weighted by Crippen LogP contribution is -2.26. The molecule has 1 aliphatic heterocycles. The molecule has 1 aliphatic rings. The third-order valence-corrected chi connectivity index (χ3v) is 6.16. The van der Waals surface area contributed by atoms with Gasteiger partial charge in [0.2, 0.25) is 0 Å². The molecular weight excluding hydrogens is 370 g/mol. The Morgan fingerprint density at radius 3 is 2.89 bits per heavy atom. The van der Waals surface area contributed by atoms with E-state index < -0.39 is 5.97 Å². The molecule has 4 aromatic rings. The number of pyridine rings is 1. The first kappa shape index (κ1) is 17.1. The van der Waals surface area contributed by atoms with Crippen molar-refractivity contribution < 1.29 is 9.53 Å². The predicted octanol–water partition coefficient (Wildman–Crippen LogP) is 5.05. The minimum Gasteiger partial charge on any atom is -0.394 e. The van der Waals surface area contributed by atoms with Gasteiger partial charge in [0.05, 0.1) is 33.2 Å². The number of para-hydroxylation sites is 1. The van der Waals surface area contributed by atoms with Crippen LogP contribution >= 0.6 is 11.3 Å². The van der Waals surface area contributed by atoms with Gasteiger partial charge in [-0.2, -0.15) is 0 Å². The molecule has 2 aromatic carbocycles. The van der Waals surface area contributed by atoms with Gasteiger partial charge in [-0.15, -0.1) is 0 Å². The Bertz CT molecular complexity index is 1150. The Morgan fingerprint density at radius 2 is 2.07 bits per heavy atom. The highest BCUT2D eigenvalue weighted by Gasteiger charge is 2.21. The zero-order chi connectivity index (χ0) is 19.1. The second-order valence-corrected chi connectivity index (χ2v) is 8.12.